The average molecular weight is 804 g/mol. The molecule has 0 bridgehead atoms. The molecule has 0 heterocycles. The molecule has 0 radical (unpaired) electrons. The van der Waals surface area contributed by atoms with Gasteiger partial charge in [-0.2, -0.15) is 0 Å². The van der Waals surface area contributed by atoms with Gasteiger partial charge in [0, 0.05) is 13.0 Å². The molecule has 8 nitrogen and oxygen atoms in total. The van der Waals surface area contributed by atoms with E-state index in [1.165, 1.54) is 180 Å². The minimum absolute atomic E-state index is 0.0310. The van der Waals surface area contributed by atoms with E-state index in [4.69, 9.17) is 18.5 Å². The summed E-state index contributed by atoms with van der Waals surface area (Å²) in [6, 6.07) is 0. The van der Waals surface area contributed by atoms with E-state index < -0.39 is 13.9 Å². The molecular formula is C46H94NO7P. The highest BCUT2D eigenvalue weighted by Crippen LogP contribution is 2.38. The van der Waals surface area contributed by atoms with Crippen LogP contribution in [-0.4, -0.2) is 70.7 Å². The molecule has 2 atom stereocenters. The number of phosphoric ester groups is 1. The van der Waals surface area contributed by atoms with Crippen molar-refractivity contribution < 1.29 is 37.3 Å². The Hall–Kier alpha value is -0.500. The summed E-state index contributed by atoms with van der Waals surface area (Å²) in [6.07, 6.45) is 42.9. The van der Waals surface area contributed by atoms with Gasteiger partial charge in [0.1, 0.15) is 19.3 Å². The quantitative estimate of drug-likeness (QED) is 0.0262. The summed E-state index contributed by atoms with van der Waals surface area (Å²) in [6.45, 7) is 5.43. The number of rotatable bonds is 45. The SMILES string of the molecule is CCCCCCCCCCCCCCCCCCCCCCCCCCCOCC(COP(=O)([O-])OCC[N+](C)(C)C)OC(=O)CCCCCCCCCC. The fraction of sp³-hybridized carbons (Fsp3) is 0.978. The zero-order valence-electron chi connectivity index (χ0n) is 37.4. The first-order valence-electron chi connectivity index (χ1n) is 23.8. The van der Waals surface area contributed by atoms with Crippen LogP contribution in [0.1, 0.15) is 232 Å². The third-order valence-electron chi connectivity index (χ3n) is 10.7. The molecule has 0 amide bonds. The number of carbonyl (C=O) groups is 1. The van der Waals surface area contributed by atoms with Gasteiger partial charge in [-0.3, -0.25) is 9.36 Å². The highest BCUT2D eigenvalue weighted by atomic mass is 31.2. The van der Waals surface area contributed by atoms with Gasteiger partial charge >= 0.3 is 5.97 Å². The number of quaternary nitrogens is 1. The van der Waals surface area contributed by atoms with Gasteiger partial charge in [0.2, 0.25) is 0 Å². The molecule has 0 N–H and O–H groups in total. The molecule has 9 heteroatoms. The van der Waals surface area contributed by atoms with Crippen molar-refractivity contribution in [3.8, 4) is 0 Å². The Morgan fingerprint density at radius 3 is 1.20 bits per heavy atom. The van der Waals surface area contributed by atoms with Crippen molar-refractivity contribution in [2.75, 3.05) is 54.1 Å². The van der Waals surface area contributed by atoms with E-state index in [1.807, 2.05) is 21.1 Å². The van der Waals surface area contributed by atoms with Crippen LogP contribution in [0.25, 0.3) is 0 Å². The Balaban J connectivity index is 3.91. The lowest BCUT2D eigenvalue weighted by Gasteiger charge is -2.28. The summed E-state index contributed by atoms with van der Waals surface area (Å²) in [7, 11) is 1.37. The minimum atomic E-state index is -4.51. The van der Waals surface area contributed by atoms with Crippen LogP contribution in [-0.2, 0) is 27.9 Å². The van der Waals surface area contributed by atoms with Crippen LogP contribution in [0.5, 0.6) is 0 Å². The first kappa shape index (κ1) is 54.5. The van der Waals surface area contributed by atoms with Crippen LogP contribution in [0, 0.1) is 0 Å². The molecular weight excluding hydrogens is 709 g/mol. The topological polar surface area (TPSA) is 94.1 Å². The number of ether oxygens (including phenoxy) is 2. The molecule has 330 valence electrons. The Labute approximate surface area is 342 Å². The van der Waals surface area contributed by atoms with Gasteiger partial charge in [0.15, 0.2) is 0 Å². The van der Waals surface area contributed by atoms with E-state index in [2.05, 4.69) is 13.8 Å². The number of esters is 1. The summed E-state index contributed by atoms with van der Waals surface area (Å²) in [5.74, 6) is -0.333. The molecule has 55 heavy (non-hydrogen) atoms. The van der Waals surface area contributed by atoms with E-state index >= 15 is 0 Å². The number of likely N-dealkylation sites (N-methyl/N-ethyl adjacent to an activating group) is 1. The lowest BCUT2D eigenvalue weighted by atomic mass is 10.0. The van der Waals surface area contributed by atoms with E-state index in [0.717, 1.165) is 32.1 Å². The van der Waals surface area contributed by atoms with Crippen molar-refractivity contribution in [3.63, 3.8) is 0 Å². The molecule has 0 aromatic heterocycles. The standard InChI is InChI=1S/C46H94NO7P/c1-6-8-10-12-14-16-17-18-19-20-21-22-23-24-25-26-27-28-29-30-31-32-34-36-38-41-51-43-45(44-53-55(49,50)52-42-40-47(3,4)5)54-46(48)39-37-35-33-15-13-11-9-7-2/h45H,6-44H2,1-5H3. The average Bonchev–Trinajstić information content (AvgIpc) is 3.13. The number of unbranched alkanes of at least 4 members (excludes halogenated alkanes) is 31. The Bertz CT molecular complexity index is 853. The molecule has 2 unspecified atom stereocenters. The van der Waals surface area contributed by atoms with E-state index in [0.29, 0.717) is 24.1 Å². The van der Waals surface area contributed by atoms with Crippen molar-refractivity contribution in [1.82, 2.24) is 0 Å². The van der Waals surface area contributed by atoms with E-state index in [-0.39, 0.29) is 25.8 Å². The minimum Gasteiger partial charge on any atom is -0.756 e. The van der Waals surface area contributed by atoms with Crippen molar-refractivity contribution in [2.45, 2.75) is 238 Å². The molecule has 0 aromatic rings. The maximum atomic E-state index is 12.6. The van der Waals surface area contributed by atoms with Crippen molar-refractivity contribution >= 4 is 13.8 Å². The zero-order chi connectivity index (χ0) is 40.6. The second kappa shape index (κ2) is 40.3. The molecule has 0 aromatic carbocycles. The molecule has 0 saturated carbocycles. The third-order valence-corrected chi connectivity index (χ3v) is 11.6. The van der Waals surface area contributed by atoms with Gasteiger partial charge < -0.3 is 27.9 Å². The smallest absolute Gasteiger partial charge is 0.306 e. The summed E-state index contributed by atoms with van der Waals surface area (Å²) in [4.78, 5) is 24.9. The molecule has 0 rings (SSSR count). The molecule has 0 saturated heterocycles. The highest BCUT2D eigenvalue weighted by Gasteiger charge is 2.20. The van der Waals surface area contributed by atoms with Crippen LogP contribution in [0.4, 0.5) is 0 Å². The summed E-state index contributed by atoms with van der Waals surface area (Å²) in [5, 5.41) is 0. The van der Waals surface area contributed by atoms with Crippen LogP contribution in [0.15, 0.2) is 0 Å². The first-order valence-corrected chi connectivity index (χ1v) is 25.2. The van der Waals surface area contributed by atoms with Crippen molar-refractivity contribution in [1.29, 1.82) is 0 Å². The Morgan fingerprint density at radius 2 is 0.836 bits per heavy atom. The monoisotopic (exact) mass is 804 g/mol. The predicted molar refractivity (Wildman–Crippen MR) is 231 cm³/mol. The lowest BCUT2D eigenvalue weighted by Crippen LogP contribution is -2.37. The van der Waals surface area contributed by atoms with Crippen molar-refractivity contribution in [2.24, 2.45) is 0 Å². The lowest BCUT2D eigenvalue weighted by molar-refractivity contribution is -0.870. The van der Waals surface area contributed by atoms with Gasteiger partial charge in [0.25, 0.3) is 7.82 Å². The second-order valence-electron chi connectivity index (χ2n) is 17.5. The summed E-state index contributed by atoms with van der Waals surface area (Å²) in [5.41, 5.74) is 0. The van der Waals surface area contributed by atoms with Crippen LogP contribution in [0.2, 0.25) is 0 Å². The predicted octanol–water partition coefficient (Wildman–Crippen LogP) is 13.4. The summed E-state index contributed by atoms with van der Waals surface area (Å²) >= 11 is 0. The van der Waals surface area contributed by atoms with Gasteiger partial charge in [-0.15, -0.1) is 0 Å². The fourth-order valence-corrected chi connectivity index (χ4v) is 7.69. The molecule has 0 fully saturated rings. The Morgan fingerprint density at radius 1 is 0.491 bits per heavy atom. The Kier molecular flexibility index (Phi) is 39.9. The zero-order valence-corrected chi connectivity index (χ0v) is 38.3. The fourth-order valence-electron chi connectivity index (χ4n) is 6.96. The number of carbonyl (C=O) groups excluding carboxylic acids is 1. The van der Waals surface area contributed by atoms with Crippen LogP contribution < -0.4 is 4.89 Å². The van der Waals surface area contributed by atoms with Crippen molar-refractivity contribution in [3.05, 3.63) is 0 Å². The molecule has 0 aliphatic rings. The first-order chi connectivity index (χ1) is 26.6. The number of phosphoric acid groups is 1. The van der Waals surface area contributed by atoms with Gasteiger partial charge in [-0.05, 0) is 12.8 Å². The highest BCUT2D eigenvalue weighted by molar-refractivity contribution is 7.45. The van der Waals surface area contributed by atoms with Gasteiger partial charge in [0.05, 0.1) is 34.4 Å². The van der Waals surface area contributed by atoms with E-state index in [9.17, 15) is 14.3 Å². The number of hydrogen-bond donors (Lipinski definition) is 0. The summed E-state index contributed by atoms with van der Waals surface area (Å²) < 4.78 is 34.5. The van der Waals surface area contributed by atoms with Crippen LogP contribution >= 0.6 is 7.82 Å². The third kappa shape index (κ3) is 44.4. The number of hydrogen-bond acceptors (Lipinski definition) is 7. The maximum Gasteiger partial charge on any atom is 0.306 e. The molecule has 0 aliphatic carbocycles. The van der Waals surface area contributed by atoms with Gasteiger partial charge in [-0.1, -0.05) is 213 Å². The normalized spacial score (nSPS) is 13.6. The largest absolute Gasteiger partial charge is 0.756 e. The van der Waals surface area contributed by atoms with Gasteiger partial charge in [-0.25, -0.2) is 0 Å². The maximum absolute atomic E-state index is 12.6. The molecule has 0 aliphatic heterocycles. The van der Waals surface area contributed by atoms with Crippen LogP contribution in [0.3, 0.4) is 0 Å². The molecule has 0 spiro atoms. The number of nitrogens with zero attached hydrogens (tertiary/aromatic N) is 1. The second-order valence-corrected chi connectivity index (χ2v) is 18.9. The van der Waals surface area contributed by atoms with E-state index in [1.54, 1.807) is 0 Å².